The molecular weight excluding hydrogens is 323 g/mol. The third kappa shape index (κ3) is 2.64. The normalized spacial score (nSPS) is 24.6. The van der Waals surface area contributed by atoms with E-state index in [1.54, 1.807) is 12.1 Å². The van der Waals surface area contributed by atoms with Gasteiger partial charge in [0.15, 0.2) is 0 Å². The molecule has 1 N–H and O–H groups in total. The van der Waals surface area contributed by atoms with Crippen LogP contribution in [0.3, 0.4) is 0 Å². The third-order valence-corrected chi connectivity index (χ3v) is 5.42. The van der Waals surface area contributed by atoms with Crippen LogP contribution in [0.5, 0.6) is 0 Å². The number of alkyl halides is 3. The molecule has 0 aromatic heterocycles. The number of benzene rings is 2. The highest BCUT2D eigenvalue weighted by Gasteiger charge is 2.42. The maximum Gasteiger partial charge on any atom is 0.416 e. The Kier molecular flexibility index (Phi) is 3.67. The minimum Gasteiger partial charge on any atom is -0.378 e. The number of hydrogen-bond donors (Lipinski definition) is 1. The smallest absolute Gasteiger partial charge is 0.378 e. The van der Waals surface area contributed by atoms with Crippen molar-refractivity contribution in [1.29, 1.82) is 0 Å². The molecule has 1 heterocycles. The highest BCUT2D eigenvalue weighted by molar-refractivity contribution is 5.64. The van der Waals surface area contributed by atoms with Crippen LogP contribution < -0.4 is 5.32 Å². The number of allylic oxidation sites excluding steroid dienone is 2. The maximum atomic E-state index is 13.5. The Bertz CT molecular complexity index is 851. The van der Waals surface area contributed by atoms with Gasteiger partial charge in [0.1, 0.15) is 0 Å². The number of rotatable bonds is 1. The molecule has 25 heavy (non-hydrogen) atoms. The van der Waals surface area contributed by atoms with Gasteiger partial charge in [0.25, 0.3) is 0 Å². The molecule has 0 unspecified atom stereocenters. The number of hydrogen-bond acceptors (Lipinski definition) is 1. The lowest BCUT2D eigenvalue weighted by Gasteiger charge is -2.39. The predicted molar refractivity (Wildman–Crippen MR) is 93.7 cm³/mol. The Labute approximate surface area is 145 Å². The molecule has 0 radical (unpaired) electrons. The zero-order valence-corrected chi connectivity index (χ0v) is 14.2. The number of aryl methyl sites for hydroxylation is 2. The topological polar surface area (TPSA) is 12.0 Å². The second kappa shape index (κ2) is 5.65. The molecule has 0 bridgehead atoms. The molecule has 4 rings (SSSR count). The second-order valence-electron chi connectivity index (χ2n) is 7.10. The summed E-state index contributed by atoms with van der Waals surface area (Å²) in [7, 11) is 0. The fraction of sp³-hybridized carbons (Fsp3) is 0.333. The average molecular weight is 343 g/mol. The minimum atomic E-state index is -4.34. The molecule has 2 aliphatic rings. The van der Waals surface area contributed by atoms with Crippen LogP contribution in [0.25, 0.3) is 0 Å². The summed E-state index contributed by atoms with van der Waals surface area (Å²) in [6.45, 7) is 4.10. The van der Waals surface area contributed by atoms with E-state index in [4.69, 9.17) is 0 Å². The fourth-order valence-corrected chi connectivity index (χ4v) is 4.48. The molecule has 0 spiro atoms. The van der Waals surface area contributed by atoms with Crippen LogP contribution in [0, 0.1) is 19.8 Å². The summed E-state index contributed by atoms with van der Waals surface area (Å²) in [5.41, 5.74) is 4.32. The van der Waals surface area contributed by atoms with Gasteiger partial charge >= 0.3 is 6.18 Å². The van der Waals surface area contributed by atoms with Crippen molar-refractivity contribution in [3.8, 4) is 0 Å². The van der Waals surface area contributed by atoms with Crippen LogP contribution in [0.4, 0.5) is 18.9 Å². The fourth-order valence-electron chi connectivity index (χ4n) is 4.48. The Morgan fingerprint density at radius 1 is 1.08 bits per heavy atom. The van der Waals surface area contributed by atoms with E-state index in [-0.39, 0.29) is 17.9 Å². The summed E-state index contributed by atoms with van der Waals surface area (Å²) in [5, 5.41) is 3.44. The van der Waals surface area contributed by atoms with Gasteiger partial charge in [-0.15, -0.1) is 0 Å². The number of nitrogens with one attached hydrogen (secondary N) is 1. The number of anilines is 1. The van der Waals surface area contributed by atoms with Crippen molar-refractivity contribution < 1.29 is 13.2 Å². The van der Waals surface area contributed by atoms with Gasteiger partial charge in [-0.1, -0.05) is 36.4 Å². The van der Waals surface area contributed by atoms with E-state index in [9.17, 15) is 13.2 Å². The first-order chi connectivity index (χ1) is 11.9. The first kappa shape index (κ1) is 16.2. The van der Waals surface area contributed by atoms with Gasteiger partial charge in [0, 0.05) is 11.6 Å². The van der Waals surface area contributed by atoms with Gasteiger partial charge in [-0.25, -0.2) is 0 Å². The lowest BCUT2D eigenvalue weighted by Crippen LogP contribution is -2.31. The lowest BCUT2D eigenvalue weighted by atomic mass is 9.74. The predicted octanol–water partition coefficient (Wildman–Crippen LogP) is 6.15. The van der Waals surface area contributed by atoms with E-state index < -0.39 is 11.7 Å². The molecule has 0 saturated heterocycles. The zero-order valence-electron chi connectivity index (χ0n) is 14.2. The largest absolute Gasteiger partial charge is 0.416 e. The highest BCUT2D eigenvalue weighted by Crippen LogP contribution is 2.52. The monoisotopic (exact) mass is 343 g/mol. The third-order valence-electron chi connectivity index (χ3n) is 5.42. The molecule has 0 fully saturated rings. The highest BCUT2D eigenvalue weighted by atomic mass is 19.4. The van der Waals surface area contributed by atoms with Crippen molar-refractivity contribution in [1.82, 2.24) is 0 Å². The Balaban J connectivity index is 1.86. The SMILES string of the molecule is Cc1cc(C)c2c(c1)N[C@H](c1ccccc1C(F)(F)F)[C@H]1CC=C[C@H]21. The number of fused-ring (bicyclic) bond motifs is 3. The van der Waals surface area contributed by atoms with E-state index in [2.05, 4.69) is 30.5 Å². The summed E-state index contributed by atoms with van der Waals surface area (Å²) in [6.07, 6.45) is 0.717. The number of halogens is 3. The van der Waals surface area contributed by atoms with Crippen molar-refractivity contribution in [3.63, 3.8) is 0 Å². The van der Waals surface area contributed by atoms with Crippen molar-refractivity contribution in [3.05, 3.63) is 76.4 Å². The summed E-state index contributed by atoms with van der Waals surface area (Å²) in [4.78, 5) is 0. The van der Waals surface area contributed by atoms with Crippen LogP contribution in [0.15, 0.2) is 48.6 Å². The zero-order chi connectivity index (χ0) is 17.8. The maximum absolute atomic E-state index is 13.5. The second-order valence-corrected chi connectivity index (χ2v) is 7.10. The molecule has 2 aromatic rings. The van der Waals surface area contributed by atoms with Crippen molar-refractivity contribution in [2.75, 3.05) is 5.32 Å². The van der Waals surface area contributed by atoms with Gasteiger partial charge in [-0.2, -0.15) is 13.2 Å². The Morgan fingerprint density at radius 2 is 1.84 bits per heavy atom. The molecule has 2 aromatic carbocycles. The molecule has 0 saturated carbocycles. The van der Waals surface area contributed by atoms with E-state index >= 15 is 0 Å². The van der Waals surface area contributed by atoms with Crippen molar-refractivity contribution in [2.24, 2.45) is 5.92 Å². The molecule has 1 aliphatic carbocycles. The van der Waals surface area contributed by atoms with Crippen LogP contribution in [-0.2, 0) is 6.18 Å². The van der Waals surface area contributed by atoms with Gasteiger partial charge < -0.3 is 5.32 Å². The van der Waals surface area contributed by atoms with Crippen LogP contribution in [-0.4, -0.2) is 0 Å². The first-order valence-corrected chi connectivity index (χ1v) is 8.56. The first-order valence-electron chi connectivity index (χ1n) is 8.56. The minimum absolute atomic E-state index is 0.109. The van der Waals surface area contributed by atoms with Crippen molar-refractivity contribution >= 4 is 5.69 Å². The summed E-state index contributed by atoms with van der Waals surface area (Å²) in [6, 6.07) is 9.81. The molecule has 3 atom stereocenters. The van der Waals surface area contributed by atoms with E-state index in [0.717, 1.165) is 17.7 Å². The van der Waals surface area contributed by atoms with E-state index in [0.29, 0.717) is 5.56 Å². The van der Waals surface area contributed by atoms with Gasteiger partial charge in [0.2, 0.25) is 0 Å². The summed E-state index contributed by atoms with van der Waals surface area (Å²) >= 11 is 0. The van der Waals surface area contributed by atoms with E-state index in [1.807, 2.05) is 13.0 Å². The van der Waals surface area contributed by atoms with Gasteiger partial charge in [-0.05, 0) is 60.6 Å². The molecule has 130 valence electrons. The van der Waals surface area contributed by atoms with Crippen molar-refractivity contribution in [2.45, 2.75) is 38.4 Å². The summed E-state index contributed by atoms with van der Waals surface area (Å²) in [5.74, 6) is 0.278. The van der Waals surface area contributed by atoms with E-state index in [1.165, 1.54) is 23.3 Å². The molecule has 1 nitrogen and oxygen atoms in total. The quantitative estimate of drug-likeness (QED) is 0.613. The van der Waals surface area contributed by atoms with Crippen LogP contribution >= 0.6 is 0 Å². The van der Waals surface area contributed by atoms with Gasteiger partial charge in [-0.3, -0.25) is 0 Å². The average Bonchev–Trinajstić information content (AvgIpc) is 3.02. The molecular formula is C21H20F3N. The Hall–Kier alpha value is -2.23. The molecule has 1 aliphatic heterocycles. The van der Waals surface area contributed by atoms with Gasteiger partial charge in [0.05, 0.1) is 11.6 Å². The van der Waals surface area contributed by atoms with Crippen LogP contribution in [0.1, 0.15) is 46.2 Å². The van der Waals surface area contributed by atoms with Crippen LogP contribution in [0.2, 0.25) is 0 Å². The molecule has 0 amide bonds. The Morgan fingerprint density at radius 3 is 2.60 bits per heavy atom. The summed E-state index contributed by atoms with van der Waals surface area (Å²) < 4.78 is 40.6. The molecule has 4 heteroatoms. The lowest BCUT2D eigenvalue weighted by molar-refractivity contribution is -0.138. The standard InChI is InChI=1S/C21H20F3N/c1-12-10-13(2)19-14-7-5-8-15(14)20(25-18(19)11-12)16-6-3-4-9-17(16)21(22,23)24/h3-7,9-11,14-15,20,25H,8H2,1-2H3/t14-,15-,20-/m0/s1.